The van der Waals surface area contributed by atoms with E-state index in [1.807, 2.05) is 0 Å². The number of rotatable bonds is 2. The standard InChI is InChI=1S/C12H8BrFN2O2S/c13-6-1-2-7(8(14)5-6)9-3-4-10(18-9)11(17)16-12(15)19/h1-5H,(H3,15,16,17,19). The second kappa shape index (κ2) is 5.50. The molecule has 0 aliphatic carbocycles. The van der Waals surface area contributed by atoms with Crippen molar-refractivity contribution in [3.05, 3.63) is 46.4 Å². The highest BCUT2D eigenvalue weighted by atomic mass is 79.9. The number of nitrogens with two attached hydrogens (primary N) is 1. The molecule has 0 aliphatic heterocycles. The largest absolute Gasteiger partial charge is 0.451 e. The third-order valence-electron chi connectivity index (χ3n) is 2.26. The van der Waals surface area contributed by atoms with Crippen LogP contribution in [0.5, 0.6) is 0 Å². The fourth-order valence-corrected chi connectivity index (χ4v) is 1.89. The molecule has 2 rings (SSSR count). The molecule has 0 radical (unpaired) electrons. The van der Waals surface area contributed by atoms with Crippen molar-refractivity contribution in [2.45, 2.75) is 0 Å². The number of benzene rings is 1. The van der Waals surface area contributed by atoms with Gasteiger partial charge in [0.1, 0.15) is 11.6 Å². The first-order valence-electron chi connectivity index (χ1n) is 5.13. The molecule has 4 nitrogen and oxygen atoms in total. The van der Waals surface area contributed by atoms with Crippen molar-refractivity contribution in [1.29, 1.82) is 0 Å². The fourth-order valence-electron chi connectivity index (χ4n) is 1.47. The lowest BCUT2D eigenvalue weighted by Crippen LogP contribution is -2.34. The summed E-state index contributed by atoms with van der Waals surface area (Å²) in [7, 11) is 0. The van der Waals surface area contributed by atoms with Crippen LogP contribution in [0.1, 0.15) is 10.6 Å². The van der Waals surface area contributed by atoms with E-state index in [-0.39, 0.29) is 22.2 Å². The van der Waals surface area contributed by atoms with Crippen LogP contribution in [0.2, 0.25) is 0 Å². The number of furan rings is 1. The normalized spacial score (nSPS) is 10.2. The van der Waals surface area contributed by atoms with E-state index in [1.54, 1.807) is 12.1 Å². The van der Waals surface area contributed by atoms with Crippen LogP contribution < -0.4 is 11.1 Å². The zero-order valence-electron chi connectivity index (χ0n) is 9.44. The van der Waals surface area contributed by atoms with Crippen molar-refractivity contribution in [2.24, 2.45) is 5.73 Å². The summed E-state index contributed by atoms with van der Waals surface area (Å²) in [5, 5.41) is 2.07. The fraction of sp³-hybridized carbons (Fsp3) is 0. The summed E-state index contributed by atoms with van der Waals surface area (Å²) in [6.07, 6.45) is 0. The number of hydrogen-bond donors (Lipinski definition) is 2. The first kappa shape index (κ1) is 13.7. The molecule has 0 fully saturated rings. The summed E-state index contributed by atoms with van der Waals surface area (Å²) < 4.78 is 19.6. The lowest BCUT2D eigenvalue weighted by molar-refractivity contribution is 0.0951. The summed E-state index contributed by atoms with van der Waals surface area (Å²) >= 11 is 7.71. The van der Waals surface area contributed by atoms with E-state index in [1.165, 1.54) is 18.2 Å². The molecular weight excluding hydrogens is 335 g/mol. The van der Waals surface area contributed by atoms with E-state index in [0.29, 0.717) is 4.47 Å². The van der Waals surface area contributed by atoms with Crippen molar-refractivity contribution in [3.8, 4) is 11.3 Å². The van der Waals surface area contributed by atoms with Crippen molar-refractivity contribution < 1.29 is 13.6 Å². The van der Waals surface area contributed by atoms with Crippen molar-refractivity contribution >= 4 is 39.2 Å². The molecule has 1 heterocycles. The quantitative estimate of drug-likeness (QED) is 0.823. The molecule has 0 atom stereocenters. The van der Waals surface area contributed by atoms with Crippen LogP contribution in [0.3, 0.4) is 0 Å². The average molecular weight is 343 g/mol. The highest BCUT2D eigenvalue weighted by molar-refractivity contribution is 9.10. The topological polar surface area (TPSA) is 68.3 Å². The van der Waals surface area contributed by atoms with Crippen LogP contribution in [0, 0.1) is 5.82 Å². The van der Waals surface area contributed by atoms with Crippen molar-refractivity contribution in [3.63, 3.8) is 0 Å². The van der Waals surface area contributed by atoms with Gasteiger partial charge in [0.15, 0.2) is 10.9 Å². The third-order valence-corrected chi connectivity index (χ3v) is 2.86. The van der Waals surface area contributed by atoms with Crippen LogP contribution in [0.4, 0.5) is 4.39 Å². The summed E-state index contributed by atoms with van der Waals surface area (Å²) in [6.45, 7) is 0. The van der Waals surface area contributed by atoms with Crippen LogP contribution in [0.15, 0.2) is 39.2 Å². The van der Waals surface area contributed by atoms with Gasteiger partial charge in [-0.05, 0) is 42.5 Å². The summed E-state index contributed by atoms with van der Waals surface area (Å²) in [5.41, 5.74) is 5.44. The first-order chi connectivity index (χ1) is 8.97. The van der Waals surface area contributed by atoms with E-state index in [0.717, 1.165) is 0 Å². The van der Waals surface area contributed by atoms with Gasteiger partial charge in [-0.3, -0.25) is 10.1 Å². The van der Waals surface area contributed by atoms with Gasteiger partial charge >= 0.3 is 0 Å². The minimum Gasteiger partial charge on any atom is -0.451 e. The predicted molar refractivity (Wildman–Crippen MR) is 76.1 cm³/mol. The minimum absolute atomic E-state index is 0.00474. The van der Waals surface area contributed by atoms with Gasteiger partial charge in [0, 0.05) is 4.47 Å². The number of nitrogens with one attached hydrogen (secondary N) is 1. The maximum absolute atomic E-state index is 13.7. The maximum Gasteiger partial charge on any atom is 0.293 e. The minimum atomic E-state index is -0.573. The van der Waals surface area contributed by atoms with Gasteiger partial charge in [-0.15, -0.1) is 0 Å². The van der Waals surface area contributed by atoms with Crippen molar-refractivity contribution in [1.82, 2.24) is 5.32 Å². The summed E-state index contributed by atoms with van der Waals surface area (Å²) in [5.74, 6) is -0.774. The molecule has 7 heteroatoms. The molecular formula is C12H8BrFN2O2S. The van der Waals surface area contributed by atoms with Gasteiger partial charge in [0.2, 0.25) is 0 Å². The Kier molecular flexibility index (Phi) is 3.96. The first-order valence-corrected chi connectivity index (χ1v) is 6.33. The lowest BCUT2D eigenvalue weighted by atomic mass is 10.1. The molecule has 0 unspecified atom stereocenters. The van der Waals surface area contributed by atoms with E-state index in [2.05, 4.69) is 33.5 Å². The second-order valence-corrected chi connectivity index (χ2v) is 4.96. The highest BCUT2D eigenvalue weighted by Gasteiger charge is 2.14. The molecule has 19 heavy (non-hydrogen) atoms. The monoisotopic (exact) mass is 342 g/mol. The molecule has 3 N–H and O–H groups in total. The van der Waals surface area contributed by atoms with Gasteiger partial charge in [0.05, 0.1) is 5.56 Å². The van der Waals surface area contributed by atoms with Crippen LogP contribution in [-0.4, -0.2) is 11.0 Å². The molecule has 0 saturated heterocycles. The summed E-state index contributed by atoms with van der Waals surface area (Å²) in [4.78, 5) is 11.6. The Morgan fingerprint density at radius 3 is 2.74 bits per heavy atom. The molecule has 0 saturated carbocycles. The number of amides is 1. The zero-order valence-corrected chi connectivity index (χ0v) is 11.8. The van der Waals surface area contributed by atoms with Gasteiger partial charge in [-0.1, -0.05) is 15.9 Å². The Morgan fingerprint density at radius 1 is 1.37 bits per heavy atom. The Morgan fingerprint density at radius 2 is 2.11 bits per heavy atom. The van der Waals surface area contributed by atoms with Gasteiger partial charge < -0.3 is 10.2 Å². The molecule has 1 aromatic heterocycles. The van der Waals surface area contributed by atoms with Crippen LogP contribution in [0.25, 0.3) is 11.3 Å². The molecule has 0 spiro atoms. The lowest BCUT2D eigenvalue weighted by Gasteiger charge is -2.01. The van der Waals surface area contributed by atoms with Crippen LogP contribution >= 0.6 is 28.1 Å². The predicted octanol–water partition coefficient (Wildman–Crippen LogP) is 2.82. The molecule has 2 aromatic rings. The Balaban J connectivity index is 2.30. The van der Waals surface area contributed by atoms with E-state index in [9.17, 15) is 9.18 Å². The molecule has 1 aromatic carbocycles. The summed E-state index contributed by atoms with van der Waals surface area (Å²) in [6, 6.07) is 7.46. The van der Waals surface area contributed by atoms with Gasteiger partial charge in [-0.25, -0.2) is 4.39 Å². The molecule has 98 valence electrons. The number of carbonyl (C=O) groups excluding carboxylic acids is 1. The SMILES string of the molecule is NC(=S)NC(=O)c1ccc(-c2ccc(Br)cc2F)o1. The number of thiocarbonyl (C=S) groups is 1. The van der Waals surface area contributed by atoms with Crippen LogP contribution in [-0.2, 0) is 0 Å². The number of carbonyl (C=O) groups is 1. The second-order valence-electron chi connectivity index (χ2n) is 3.61. The van der Waals surface area contributed by atoms with E-state index in [4.69, 9.17) is 10.2 Å². The van der Waals surface area contributed by atoms with Crippen molar-refractivity contribution in [2.75, 3.05) is 0 Å². The van der Waals surface area contributed by atoms with E-state index >= 15 is 0 Å². The zero-order chi connectivity index (χ0) is 14.0. The molecule has 1 amide bonds. The maximum atomic E-state index is 13.7. The van der Waals surface area contributed by atoms with Gasteiger partial charge in [-0.2, -0.15) is 0 Å². The molecule has 0 bridgehead atoms. The average Bonchev–Trinajstić information content (AvgIpc) is 2.77. The number of halogens is 2. The third kappa shape index (κ3) is 3.18. The number of hydrogen-bond acceptors (Lipinski definition) is 3. The van der Waals surface area contributed by atoms with E-state index < -0.39 is 11.7 Å². The highest BCUT2D eigenvalue weighted by Crippen LogP contribution is 2.27. The Hall–Kier alpha value is -1.73. The molecule has 0 aliphatic rings. The smallest absolute Gasteiger partial charge is 0.293 e. The van der Waals surface area contributed by atoms with Gasteiger partial charge in [0.25, 0.3) is 5.91 Å². The Labute approximate surface area is 121 Å². The Bertz CT molecular complexity index is 657.